The molecule has 118 valence electrons. The van der Waals surface area contributed by atoms with Gasteiger partial charge in [0.05, 0.1) is 10.6 Å². The summed E-state index contributed by atoms with van der Waals surface area (Å²) in [6.45, 7) is 5.38. The fourth-order valence-corrected chi connectivity index (χ4v) is 3.70. The van der Waals surface area contributed by atoms with E-state index in [4.69, 9.17) is 5.84 Å². The van der Waals surface area contributed by atoms with Gasteiger partial charge in [0.15, 0.2) is 4.90 Å². The molecule has 0 aromatic heterocycles. The lowest BCUT2D eigenvalue weighted by Crippen LogP contribution is -2.43. The number of benzene rings is 1. The molecule has 0 saturated carbocycles. The topological polar surface area (TPSA) is 127 Å². The molecule has 0 aliphatic carbocycles. The number of anilines is 1. The van der Waals surface area contributed by atoms with E-state index in [0.29, 0.717) is 6.42 Å². The molecular weight excluding hydrogens is 296 g/mol. The highest BCUT2D eigenvalue weighted by atomic mass is 32.2. The number of rotatable bonds is 7. The molecule has 0 saturated heterocycles. The highest BCUT2D eigenvalue weighted by molar-refractivity contribution is 7.89. The summed E-state index contributed by atoms with van der Waals surface area (Å²) in [7, 11) is -4.04. The Morgan fingerprint density at radius 3 is 2.48 bits per heavy atom. The minimum Gasteiger partial charge on any atom is -0.324 e. The average Bonchev–Trinajstić information content (AvgIpc) is 2.36. The molecule has 0 amide bonds. The minimum absolute atomic E-state index is 0.272. The normalized spacial score (nSPS) is 12.2. The Labute approximate surface area is 123 Å². The Balaban J connectivity index is 3.32. The summed E-state index contributed by atoms with van der Waals surface area (Å²) in [5.74, 6) is 5.23. The van der Waals surface area contributed by atoms with Gasteiger partial charge in [0.2, 0.25) is 10.0 Å². The third-order valence-electron chi connectivity index (χ3n) is 2.90. The van der Waals surface area contributed by atoms with E-state index < -0.39 is 31.1 Å². The van der Waals surface area contributed by atoms with E-state index in [1.54, 1.807) is 13.8 Å². The Bertz CT molecular complexity index is 628. The van der Waals surface area contributed by atoms with Crippen molar-refractivity contribution in [2.24, 2.45) is 5.84 Å². The summed E-state index contributed by atoms with van der Waals surface area (Å²) in [6, 6.07) is 3.59. The summed E-state index contributed by atoms with van der Waals surface area (Å²) in [6.07, 6.45) is 1.39. The van der Waals surface area contributed by atoms with Gasteiger partial charge in [-0.1, -0.05) is 13.3 Å². The van der Waals surface area contributed by atoms with Crippen molar-refractivity contribution >= 4 is 21.4 Å². The zero-order valence-electron chi connectivity index (χ0n) is 12.2. The number of hydrogen-bond donors (Lipinski definition) is 3. The van der Waals surface area contributed by atoms with Crippen molar-refractivity contribution in [3.05, 3.63) is 28.3 Å². The SMILES string of the molecule is CCCC(C)(C)NS(=O)(=O)c1cc(NN)ccc1[N+](=O)[O-]. The van der Waals surface area contributed by atoms with E-state index in [1.807, 2.05) is 6.92 Å². The number of nitro groups is 1. The van der Waals surface area contributed by atoms with Gasteiger partial charge in [0.1, 0.15) is 0 Å². The average molecular weight is 316 g/mol. The van der Waals surface area contributed by atoms with E-state index in [1.165, 1.54) is 6.07 Å². The van der Waals surface area contributed by atoms with E-state index in [2.05, 4.69) is 10.1 Å². The van der Waals surface area contributed by atoms with E-state index in [-0.39, 0.29) is 5.69 Å². The largest absolute Gasteiger partial charge is 0.324 e. The second-order valence-corrected chi connectivity index (χ2v) is 6.97. The van der Waals surface area contributed by atoms with Gasteiger partial charge in [-0.25, -0.2) is 13.1 Å². The number of nitrogens with zero attached hydrogens (tertiary/aromatic N) is 1. The number of hydrazine groups is 1. The van der Waals surface area contributed by atoms with Gasteiger partial charge in [-0.3, -0.25) is 16.0 Å². The van der Waals surface area contributed by atoms with Crippen LogP contribution in [0.2, 0.25) is 0 Å². The molecule has 0 heterocycles. The molecule has 1 aromatic carbocycles. The van der Waals surface area contributed by atoms with Crippen LogP contribution in [-0.2, 0) is 10.0 Å². The first-order chi connectivity index (χ1) is 9.63. The van der Waals surface area contributed by atoms with Gasteiger partial charge in [0, 0.05) is 11.6 Å². The number of nitrogens with two attached hydrogens (primary N) is 1. The third kappa shape index (κ3) is 4.38. The lowest BCUT2D eigenvalue weighted by molar-refractivity contribution is -0.387. The molecule has 0 bridgehead atoms. The van der Waals surface area contributed by atoms with Gasteiger partial charge >= 0.3 is 0 Å². The zero-order valence-corrected chi connectivity index (χ0v) is 13.0. The molecule has 0 fully saturated rings. The maximum atomic E-state index is 12.4. The van der Waals surface area contributed by atoms with Crippen LogP contribution >= 0.6 is 0 Å². The molecule has 1 rings (SSSR count). The van der Waals surface area contributed by atoms with Crippen molar-refractivity contribution in [1.29, 1.82) is 0 Å². The van der Waals surface area contributed by atoms with Crippen molar-refractivity contribution in [1.82, 2.24) is 4.72 Å². The molecular formula is C12H20N4O4S. The van der Waals surface area contributed by atoms with Crippen molar-refractivity contribution in [2.45, 2.75) is 44.0 Å². The highest BCUT2D eigenvalue weighted by Crippen LogP contribution is 2.28. The van der Waals surface area contributed by atoms with Crippen LogP contribution in [0.5, 0.6) is 0 Å². The van der Waals surface area contributed by atoms with Crippen LogP contribution in [-0.4, -0.2) is 18.9 Å². The standard InChI is InChI=1S/C12H20N4O4S/c1-4-7-12(2,3)15-21(19,20)11-8-9(14-13)5-6-10(11)16(17)18/h5-6,8,14-15H,4,7,13H2,1-3H3. The van der Waals surface area contributed by atoms with Gasteiger partial charge in [-0.2, -0.15) is 0 Å². The number of hydrogen-bond acceptors (Lipinski definition) is 6. The second-order valence-electron chi connectivity index (χ2n) is 5.32. The number of nitrogens with one attached hydrogen (secondary N) is 2. The molecule has 9 heteroatoms. The highest BCUT2D eigenvalue weighted by Gasteiger charge is 2.31. The fraction of sp³-hybridized carbons (Fsp3) is 0.500. The first-order valence-corrected chi connectivity index (χ1v) is 7.90. The number of nitrogen functional groups attached to an aromatic ring is 1. The molecule has 0 atom stereocenters. The lowest BCUT2D eigenvalue weighted by Gasteiger charge is -2.25. The predicted molar refractivity (Wildman–Crippen MR) is 80.2 cm³/mol. The summed E-state index contributed by atoms with van der Waals surface area (Å²) < 4.78 is 27.4. The first-order valence-electron chi connectivity index (χ1n) is 6.42. The molecule has 8 nitrogen and oxygen atoms in total. The van der Waals surface area contributed by atoms with Crippen LogP contribution in [0.3, 0.4) is 0 Å². The number of sulfonamides is 1. The monoisotopic (exact) mass is 316 g/mol. The van der Waals surface area contributed by atoms with Gasteiger partial charge in [-0.05, 0) is 32.4 Å². The van der Waals surface area contributed by atoms with Crippen LogP contribution in [0.25, 0.3) is 0 Å². The summed E-state index contributed by atoms with van der Waals surface area (Å²) >= 11 is 0. The fourth-order valence-electron chi connectivity index (χ4n) is 2.06. The van der Waals surface area contributed by atoms with Crippen LogP contribution in [0.1, 0.15) is 33.6 Å². The Morgan fingerprint density at radius 2 is 2.00 bits per heavy atom. The maximum absolute atomic E-state index is 12.4. The Kier molecular flexibility index (Phi) is 5.26. The van der Waals surface area contributed by atoms with Crippen molar-refractivity contribution < 1.29 is 13.3 Å². The summed E-state index contributed by atoms with van der Waals surface area (Å²) in [5, 5.41) is 11.0. The molecule has 0 unspecified atom stereocenters. The van der Waals surface area contributed by atoms with Gasteiger partial charge < -0.3 is 5.43 Å². The van der Waals surface area contributed by atoms with Crippen molar-refractivity contribution in [2.75, 3.05) is 5.43 Å². The van der Waals surface area contributed by atoms with Crippen molar-refractivity contribution in [3.63, 3.8) is 0 Å². The smallest absolute Gasteiger partial charge is 0.289 e. The number of nitro benzene ring substituents is 1. The lowest BCUT2D eigenvalue weighted by atomic mass is 10.0. The van der Waals surface area contributed by atoms with Crippen LogP contribution < -0.4 is 16.0 Å². The molecule has 0 aliphatic rings. The zero-order chi connectivity index (χ0) is 16.3. The Hall–Kier alpha value is -1.71. The first kappa shape index (κ1) is 17.3. The quantitative estimate of drug-likeness (QED) is 0.399. The Morgan fingerprint density at radius 1 is 1.38 bits per heavy atom. The van der Waals surface area contributed by atoms with Crippen LogP contribution in [0.4, 0.5) is 11.4 Å². The predicted octanol–water partition coefficient (Wildman–Crippen LogP) is 1.74. The van der Waals surface area contributed by atoms with Crippen molar-refractivity contribution in [3.8, 4) is 0 Å². The molecule has 0 aliphatic heterocycles. The molecule has 4 N–H and O–H groups in total. The van der Waals surface area contributed by atoms with E-state index >= 15 is 0 Å². The molecule has 1 aromatic rings. The van der Waals surface area contributed by atoms with Crippen LogP contribution in [0.15, 0.2) is 23.1 Å². The molecule has 0 radical (unpaired) electrons. The second kappa shape index (κ2) is 6.37. The molecule has 21 heavy (non-hydrogen) atoms. The van der Waals surface area contributed by atoms with E-state index in [9.17, 15) is 18.5 Å². The minimum atomic E-state index is -4.04. The van der Waals surface area contributed by atoms with E-state index in [0.717, 1.165) is 18.6 Å². The van der Waals surface area contributed by atoms with Gasteiger partial charge in [-0.15, -0.1) is 0 Å². The van der Waals surface area contributed by atoms with Gasteiger partial charge in [0.25, 0.3) is 5.69 Å². The molecule has 0 spiro atoms. The van der Waals surface area contributed by atoms with Crippen LogP contribution in [0, 0.1) is 10.1 Å². The summed E-state index contributed by atoms with van der Waals surface area (Å²) in [4.78, 5) is 9.88. The summed E-state index contributed by atoms with van der Waals surface area (Å²) in [5.41, 5.74) is 1.36. The third-order valence-corrected chi connectivity index (χ3v) is 4.63. The maximum Gasteiger partial charge on any atom is 0.289 e.